The number of aromatic nitrogens is 2. The summed E-state index contributed by atoms with van der Waals surface area (Å²) >= 11 is 5.86. The van der Waals surface area contributed by atoms with Gasteiger partial charge in [-0.3, -0.25) is 14.7 Å². The zero-order valence-corrected chi connectivity index (χ0v) is 14.5. The van der Waals surface area contributed by atoms with Crippen LogP contribution in [0, 0.1) is 6.92 Å². The van der Waals surface area contributed by atoms with E-state index in [1.165, 1.54) is 35.2 Å². The molecule has 3 rings (SSSR count). The third-order valence-corrected chi connectivity index (χ3v) is 3.94. The molecule has 0 spiro atoms. The molecule has 26 heavy (non-hydrogen) atoms. The lowest BCUT2D eigenvalue weighted by molar-refractivity contribution is 0.0955. The minimum Gasteiger partial charge on any atom is -0.508 e. The van der Waals surface area contributed by atoms with Crippen molar-refractivity contribution in [3.63, 3.8) is 0 Å². The summed E-state index contributed by atoms with van der Waals surface area (Å²) in [6.45, 7) is 1.73. The highest BCUT2D eigenvalue weighted by Gasteiger charge is 2.11. The molecule has 0 radical (unpaired) electrons. The number of nitrogens with one attached hydrogen (secondary N) is 2. The average Bonchev–Trinajstić information content (AvgIpc) is 2.91. The van der Waals surface area contributed by atoms with E-state index in [1.807, 2.05) is 0 Å². The number of phenolic OH excluding ortho intramolecular Hbond substituents is 1. The van der Waals surface area contributed by atoms with Crippen molar-refractivity contribution >= 4 is 23.7 Å². The number of H-pyrrole nitrogens is 1. The first-order valence-electron chi connectivity index (χ1n) is 7.65. The molecule has 0 bridgehead atoms. The monoisotopic (exact) mass is 370 g/mol. The SMILES string of the molecule is Cc1[nH]n(-c2ccc(Cl)cc2)c(=O)c1C=NNC(=O)c1ccc(O)cc1. The highest BCUT2D eigenvalue weighted by Crippen LogP contribution is 2.12. The molecule has 1 amide bonds. The summed E-state index contributed by atoms with van der Waals surface area (Å²) in [5, 5.41) is 16.6. The summed E-state index contributed by atoms with van der Waals surface area (Å²) in [7, 11) is 0. The molecule has 0 aliphatic rings. The Bertz CT molecular complexity index is 1020. The van der Waals surface area contributed by atoms with Crippen molar-refractivity contribution in [1.29, 1.82) is 0 Å². The van der Waals surface area contributed by atoms with Gasteiger partial charge in [0.25, 0.3) is 11.5 Å². The average molecular weight is 371 g/mol. The zero-order chi connectivity index (χ0) is 18.7. The van der Waals surface area contributed by atoms with Gasteiger partial charge in [-0.25, -0.2) is 10.1 Å². The van der Waals surface area contributed by atoms with Gasteiger partial charge in [-0.15, -0.1) is 0 Å². The molecule has 0 saturated carbocycles. The van der Waals surface area contributed by atoms with Gasteiger partial charge in [0.1, 0.15) is 5.75 Å². The maximum absolute atomic E-state index is 12.5. The number of amides is 1. The predicted molar refractivity (Wildman–Crippen MR) is 99.3 cm³/mol. The predicted octanol–water partition coefficient (Wildman–Crippen LogP) is 2.60. The Labute approximate surface area is 153 Å². The molecular weight excluding hydrogens is 356 g/mol. The fourth-order valence-corrected chi connectivity index (χ4v) is 2.44. The maximum Gasteiger partial charge on any atom is 0.280 e. The van der Waals surface area contributed by atoms with Crippen LogP contribution in [0.4, 0.5) is 0 Å². The molecule has 1 aromatic heterocycles. The highest BCUT2D eigenvalue weighted by molar-refractivity contribution is 6.30. The summed E-state index contributed by atoms with van der Waals surface area (Å²) in [6.07, 6.45) is 1.29. The van der Waals surface area contributed by atoms with Crippen LogP contribution in [-0.4, -0.2) is 27.0 Å². The number of aromatic amines is 1. The number of carbonyl (C=O) groups excluding carboxylic acids is 1. The van der Waals surface area contributed by atoms with Crippen molar-refractivity contribution in [3.8, 4) is 11.4 Å². The second kappa shape index (κ2) is 7.28. The van der Waals surface area contributed by atoms with Gasteiger partial charge in [0, 0.05) is 16.3 Å². The van der Waals surface area contributed by atoms with E-state index in [0.717, 1.165) is 0 Å². The molecule has 0 unspecified atom stereocenters. The van der Waals surface area contributed by atoms with E-state index < -0.39 is 5.91 Å². The lowest BCUT2D eigenvalue weighted by Gasteiger charge is -2.00. The van der Waals surface area contributed by atoms with E-state index in [4.69, 9.17) is 11.6 Å². The van der Waals surface area contributed by atoms with Gasteiger partial charge >= 0.3 is 0 Å². The van der Waals surface area contributed by atoms with Crippen molar-refractivity contribution in [2.24, 2.45) is 5.10 Å². The van der Waals surface area contributed by atoms with Crippen molar-refractivity contribution < 1.29 is 9.90 Å². The molecule has 132 valence electrons. The number of aryl methyl sites for hydroxylation is 1. The zero-order valence-electron chi connectivity index (χ0n) is 13.7. The Morgan fingerprint density at radius 2 is 1.85 bits per heavy atom. The van der Waals surface area contributed by atoms with E-state index in [0.29, 0.717) is 27.5 Å². The van der Waals surface area contributed by atoms with Crippen LogP contribution >= 0.6 is 11.6 Å². The van der Waals surface area contributed by atoms with Gasteiger partial charge in [0.05, 0.1) is 17.5 Å². The van der Waals surface area contributed by atoms with Crippen molar-refractivity contribution in [3.05, 3.63) is 80.7 Å². The smallest absolute Gasteiger partial charge is 0.280 e. The Balaban J connectivity index is 1.78. The molecule has 0 saturated heterocycles. The number of carbonyl (C=O) groups is 1. The number of nitrogens with zero attached hydrogens (tertiary/aromatic N) is 2. The fraction of sp³-hybridized carbons (Fsp3) is 0.0556. The molecule has 3 aromatic rings. The Morgan fingerprint density at radius 1 is 1.19 bits per heavy atom. The summed E-state index contributed by atoms with van der Waals surface area (Å²) in [4.78, 5) is 24.5. The number of hydrogen-bond donors (Lipinski definition) is 3. The van der Waals surface area contributed by atoms with Crippen LogP contribution in [0.3, 0.4) is 0 Å². The Kier molecular flexibility index (Phi) is 4.90. The largest absolute Gasteiger partial charge is 0.508 e. The minimum absolute atomic E-state index is 0.0655. The number of hydrogen-bond acceptors (Lipinski definition) is 4. The number of aromatic hydroxyl groups is 1. The highest BCUT2D eigenvalue weighted by atomic mass is 35.5. The summed E-state index contributed by atoms with van der Waals surface area (Å²) in [5.41, 5.74) is 3.95. The van der Waals surface area contributed by atoms with Crippen LogP contribution in [0.5, 0.6) is 5.75 Å². The summed E-state index contributed by atoms with van der Waals surface area (Å²) in [5.74, 6) is -0.386. The molecular formula is C18H15ClN4O3. The molecule has 0 atom stereocenters. The summed E-state index contributed by atoms with van der Waals surface area (Å²) < 4.78 is 1.37. The topological polar surface area (TPSA) is 99.5 Å². The van der Waals surface area contributed by atoms with Crippen molar-refractivity contribution in [1.82, 2.24) is 15.2 Å². The van der Waals surface area contributed by atoms with Gasteiger partial charge in [0.2, 0.25) is 0 Å². The summed E-state index contributed by atoms with van der Waals surface area (Å²) in [6, 6.07) is 12.5. The van der Waals surface area contributed by atoms with Crippen molar-refractivity contribution in [2.75, 3.05) is 0 Å². The van der Waals surface area contributed by atoms with Gasteiger partial charge in [0.15, 0.2) is 0 Å². The van der Waals surface area contributed by atoms with E-state index in [2.05, 4.69) is 15.6 Å². The standard InChI is InChI=1S/C18H15ClN4O3/c1-11-16(10-20-21-17(25)12-2-8-15(24)9-3-12)18(26)23(22-11)14-6-4-13(19)5-7-14/h2-10,22,24H,1H3,(H,21,25). The quantitative estimate of drug-likeness (QED) is 0.486. The van der Waals surface area contributed by atoms with Gasteiger partial charge in [-0.05, 0) is 55.5 Å². The minimum atomic E-state index is -0.451. The van der Waals surface area contributed by atoms with Crippen LogP contribution in [0.2, 0.25) is 5.02 Å². The van der Waals surface area contributed by atoms with Crippen LogP contribution < -0.4 is 11.0 Å². The van der Waals surface area contributed by atoms with Gasteiger partial charge in [-0.2, -0.15) is 5.10 Å². The maximum atomic E-state index is 12.5. The Morgan fingerprint density at radius 3 is 2.50 bits per heavy atom. The number of benzene rings is 2. The van der Waals surface area contributed by atoms with Crippen LogP contribution in [0.15, 0.2) is 58.4 Å². The number of phenols is 1. The van der Waals surface area contributed by atoms with Crippen LogP contribution in [-0.2, 0) is 0 Å². The number of hydrazone groups is 1. The first-order valence-corrected chi connectivity index (χ1v) is 8.03. The fourth-order valence-electron chi connectivity index (χ4n) is 2.32. The van der Waals surface area contributed by atoms with Crippen LogP contribution in [0.1, 0.15) is 21.6 Å². The number of halogens is 1. The molecule has 8 heteroatoms. The van der Waals surface area contributed by atoms with E-state index in [1.54, 1.807) is 31.2 Å². The van der Waals surface area contributed by atoms with Gasteiger partial charge in [-0.1, -0.05) is 11.6 Å². The van der Waals surface area contributed by atoms with E-state index in [9.17, 15) is 14.7 Å². The molecule has 7 nitrogen and oxygen atoms in total. The lowest BCUT2D eigenvalue weighted by atomic mass is 10.2. The molecule has 1 heterocycles. The lowest BCUT2D eigenvalue weighted by Crippen LogP contribution is -2.20. The second-order valence-corrected chi connectivity index (χ2v) is 5.95. The first kappa shape index (κ1) is 17.5. The molecule has 0 fully saturated rings. The van der Waals surface area contributed by atoms with E-state index in [-0.39, 0.29) is 11.3 Å². The third-order valence-electron chi connectivity index (χ3n) is 3.69. The second-order valence-electron chi connectivity index (χ2n) is 5.51. The van der Waals surface area contributed by atoms with Gasteiger partial charge < -0.3 is 5.11 Å². The Hall–Kier alpha value is -3.32. The number of rotatable bonds is 4. The molecule has 0 aliphatic carbocycles. The third kappa shape index (κ3) is 3.68. The normalized spacial score (nSPS) is 11.0. The van der Waals surface area contributed by atoms with E-state index >= 15 is 0 Å². The molecule has 0 aliphatic heterocycles. The van der Waals surface area contributed by atoms with Crippen molar-refractivity contribution in [2.45, 2.75) is 6.92 Å². The molecule has 2 aromatic carbocycles. The first-order chi connectivity index (χ1) is 12.5. The van der Waals surface area contributed by atoms with Crippen LogP contribution in [0.25, 0.3) is 5.69 Å². The molecule has 3 N–H and O–H groups in total.